The van der Waals surface area contributed by atoms with Crippen molar-refractivity contribution in [3.63, 3.8) is 0 Å². The largest absolute Gasteiger partial charge is 0.344 e. The minimum atomic E-state index is 0.480. The maximum atomic E-state index is 4.70. The van der Waals surface area contributed by atoms with Crippen molar-refractivity contribution in [3.8, 4) is 0 Å². The van der Waals surface area contributed by atoms with Gasteiger partial charge in [-0.1, -0.05) is 24.2 Å². The second kappa shape index (κ2) is 5.14. The van der Waals surface area contributed by atoms with Gasteiger partial charge < -0.3 is 9.88 Å². The van der Waals surface area contributed by atoms with Gasteiger partial charge in [0.25, 0.3) is 0 Å². The van der Waals surface area contributed by atoms with E-state index in [2.05, 4.69) is 40.1 Å². The summed E-state index contributed by atoms with van der Waals surface area (Å²) < 4.78 is 6.86. The fraction of sp³-hybridized carbons (Fsp3) is 0.500. The summed E-state index contributed by atoms with van der Waals surface area (Å²) in [6, 6.07) is 4.63. The zero-order valence-corrected chi connectivity index (χ0v) is 10.5. The number of hydrogen-bond donors (Lipinski definition) is 1. The lowest BCUT2D eigenvalue weighted by Gasteiger charge is -2.11. The smallest absolute Gasteiger partial charge is 0.127 e. The van der Waals surface area contributed by atoms with Crippen LogP contribution in [-0.2, 0) is 13.1 Å². The Hall–Kier alpha value is -1.62. The molecule has 0 unspecified atom stereocenters. The normalized spacial score (nSPS) is 11.3. The summed E-state index contributed by atoms with van der Waals surface area (Å²) in [5.74, 6) is 0. The van der Waals surface area contributed by atoms with E-state index < -0.39 is 0 Å². The van der Waals surface area contributed by atoms with Crippen LogP contribution in [0.2, 0.25) is 0 Å². The third-order valence-corrected chi connectivity index (χ3v) is 2.68. The molecule has 0 fully saturated rings. The molecule has 0 spiro atoms. The van der Waals surface area contributed by atoms with Crippen molar-refractivity contribution < 1.29 is 4.63 Å². The number of rotatable bonds is 5. The molecule has 2 aromatic heterocycles. The van der Waals surface area contributed by atoms with Gasteiger partial charge in [-0.25, -0.2) is 4.63 Å². The van der Waals surface area contributed by atoms with Gasteiger partial charge in [-0.05, 0) is 19.1 Å². The average molecular weight is 234 g/mol. The van der Waals surface area contributed by atoms with Crippen LogP contribution in [0.15, 0.2) is 23.0 Å². The summed E-state index contributed by atoms with van der Waals surface area (Å²) in [6.07, 6.45) is 2.05. The van der Waals surface area contributed by atoms with Crippen LogP contribution in [-0.4, -0.2) is 20.9 Å². The van der Waals surface area contributed by atoms with Crippen LogP contribution in [0.4, 0.5) is 0 Å². The van der Waals surface area contributed by atoms with Gasteiger partial charge in [0.15, 0.2) is 0 Å². The summed E-state index contributed by atoms with van der Waals surface area (Å²) in [5.41, 5.74) is 2.97. The molecule has 2 aromatic rings. The highest BCUT2D eigenvalue weighted by Gasteiger charge is 2.08. The van der Waals surface area contributed by atoms with Crippen LogP contribution in [0, 0.1) is 6.92 Å². The van der Waals surface area contributed by atoms with Crippen LogP contribution in [0.3, 0.4) is 0 Å². The van der Waals surface area contributed by atoms with Gasteiger partial charge in [0.1, 0.15) is 11.4 Å². The molecule has 2 rings (SSSR count). The van der Waals surface area contributed by atoms with Crippen molar-refractivity contribution in [2.24, 2.45) is 0 Å². The maximum absolute atomic E-state index is 4.70. The molecule has 0 aliphatic heterocycles. The topological polar surface area (TPSA) is 55.9 Å². The summed E-state index contributed by atoms with van der Waals surface area (Å²) >= 11 is 0. The van der Waals surface area contributed by atoms with Crippen LogP contribution in [0.5, 0.6) is 0 Å². The molecule has 0 amide bonds. The first-order valence-corrected chi connectivity index (χ1v) is 5.82. The predicted molar refractivity (Wildman–Crippen MR) is 64.5 cm³/mol. The molecule has 1 N–H and O–H groups in total. The quantitative estimate of drug-likeness (QED) is 0.856. The molecule has 0 atom stereocenters. The van der Waals surface area contributed by atoms with Crippen molar-refractivity contribution in [3.05, 3.63) is 35.4 Å². The van der Waals surface area contributed by atoms with Gasteiger partial charge in [-0.15, -0.1) is 0 Å². The molecular formula is C12H18N4O. The van der Waals surface area contributed by atoms with Gasteiger partial charge in [-0.2, -0.15) is 0 Å². The van der Waals surface area contributed by atoms with Crippen LogP contribution < -0.4 is 5.32 Å². The van der Waals surface area contributed by atoms with E-state index in [4.69, 9.17) is 4.63 Å². The lowest BCUT2D eigenvalue weighted by atomic mass is 10.3. The maximum Gasteiger partial charge on any atom is 0.127 e. The zero-order chi connectivity index (χ0) is 12.3. The Balaban J connectivity index is 2.06. The highest BCUT2D eigenvalue weighted by Crippen LogP contribution is 2.08. The molecule has 5 nitrogen and oxygen atoms in total. The van der Waals surface area contributed by atoms with Crippen molar-refractivity contribution in [2.75, 3.05) is 0 Å². The van der Waals surface area contributed by atoms with Gasteiger partial charge >= 0.3 is 0 Å². The van der Waals surface area contributed by atoms with E-state index in [9.17, 15) is 0 Å². The highest BCUT2D eigenvalue weighted by molar-refractivity contribution is 5.12. The Morgan fingerprint density at radius 3 is 2.88 bits per heavy atom. The van der Waals surface area contributed by atoms with E-state index in [0.29, 0.717) is 12.6 Å². The number of nitrogens with zero attached hydrogens (tertiary/aromatic N) is 3. The third-order valence-electron chi connectivity index (χ3n) is 2.68. The first-order chi connectivity index (χ1) is 8.16. The van der Waals surface area contributed by atoms with Gasteiger partial charge in [0.05, 0.1) is 6.54 Å². The second-order valence-corrected chi connectivity index (χ2v) is 4.46. The van der Waals surface area contributed by atoms with Gasteiger partial charge in [0.2, 0.25) is 0 Å². The predicted octanol–water partition coefficient (Wildman–Crippen LogP) is 1.73. The first kappa shape index (κ1) is 11.9. The van der Waals surface area contributed by atoms with Crippen molar-refractivity contribution in [1.82, 2.24) is 20.2 Å². The summed E-state index contributed by atoms with van der Waals surface area (Å²) in [5, 5.41) is 11.1. The van der Waals surface area contributed by atoms with E-state index in [1.807, 2.05) is 19.2 Å². The lowest BCUT2D eigenvalue weighted by Crippen LogP contribution is -2.23. The van der Waals surface area contributed by atoms with Crippen molar-refractivity contribution in [2.45, 2.75) is 39.9 Å². The van der Waals surface area contributed by atoms with Gasteiger partial charge in [-0.3, -0.25) is 0 Å². The van der Waals surface area contributed by atoms with Gasteiger partial charge in [0, 0.05) is 24.5 Å². The summed E-state index contributed by atoms with van der Waals surface area (Å²) in [7, 11) is 0. The minimum absolute atomic E-state index is 0.480. The molecule has 92 valence electrons. The Kier molecular flexibility index (Phi) is 3.58. The van der Waals surface area contributed by atoms with E-state index in [-0.39, 0.29) is 0 Å². The number of nitrogens with one attached hydrogen (secondary N) is 1. The fourth-order valence-electron chi connectivity index (χ4n) is 1.63. The molecule has 0 aliphatic carbocycles. The van der Waals surface area contributed by atoms with E-state index in [0.717, 1.165) is 17.9 Å². The lowest BCUT2D eigenvalue weighted by molar-refractivity contribution is 0.300. The number of aromatic nitrogens is 3. The Morgan fingerprint density at radius 2 is 2.24 bits per heavy atom. The van der Waals surface area contributed by atoms with Crippen molar-refractivity contribution >= 4 is 0 Å². The van der Waals surface area contributed by atoms with E-state index in [1.54, 1.807) is 0 Å². The molecular weight excluding hydrogens is 216 g/mol. The molecule has 5 heteroatoms. The van der Waals surface area contributed by atoms with Crippen LogP contribution >= 0.6 is 0 Å². The Labute approximate surface area is 101 Å². The Morgan fingerprint density at radius 1 is 1.41 bits per heavy atom. The third kappa shape index (κ3) is 2.94. The minimum Gasteiger partial charge on any atom is -0.344 e. The molecule has 0 aliphatic rings. The van der Waals surface area contributed by atoms with Crippen LogP contribution in [0.25, 0.3) is 0 Å². The molecule has 0 bridgehead atoms. The SMILES string of the molecule is Cc1nonc1Cn1cccc1CNC(C)C. The standard InChI is InChI=1S/C12H18N4O/c1-9(2)13-7-11-5-4-6-16(11)8-12-10(3)14-17-15-12/h4-6,9,13H,7-8H2,1-3H3. The average Bonchev–Trinajstić information content (AvgIpc) is 2.87. The fourth-order valence-corrected chi connectivity index (χ4v) is 1.63. The Bertz CT molecular complexity index is 472. The molecule has 17 heavy (non-hydrogen) atoms. The molecule has 0 saturated carbocycles. The molecule has 0 radical (unpaired) electrons. The van der Waals surface area contributed by atoms with Crippen LogP contribution in [0.1, 0.15) is 30.9 Å². The van der Waals surface area contributed by atoms with Crippen molar-refractivity contribution in [1.29, 1.82) is 0 Å². The zero-order valence-electron chi connectivity index (χ0n) is 10.5. The highest BCUT2D eigenvalue weighted by atomic mass is 16.6. The number of aryl methyl sites for hydroxylation is 1. The van der Waals surface area contributed by atoms with E-state index >= 15 is 0 Å². The second-order valence-electron chi connectivity index (χ2n) is 4.46. The molecule has 2 heterocycles. The summed E-state index contributed by atoms with van der Waals surface area (Å²) in [6.45, 7) is 7.74. The summed E-state index contributed by atoms with van der Waals surface area (Å²) in [4.78, 5) is 0. The molecule has 0 saturated heterocycles. The molecule has 0 aromatic carbocycles. The van der Waals surface area contributed by atoms with E-state index in [1.165, 1.54) is 5.69 Å². The monoisotopic (exact) mass is 234 g/mol. The number of hydrogen-bond acceptors (Lipinski definition) is 4. The first-order valence-electron chi connectivity index (χ1n) is 5.82.